The Hall–Kier alpha value is -2.59. The van der Waals surface area contributed by atoms with E-state index in [1.54, 1.807) is 0 Å². The molecule has 1 amide bonds. The van der Waals surface area contributed by atoms with Gasteiger partial charge in [0.05, 0.1) is 6.61 Å². The van der Waals surface area contributed by atoms with E-state index in [1.807, 2.05) is 29.2 Å². The number of H-pyrrole nitrogens is 1. The van der Waals surface area contributed by atoms with Crippen LogP contribution in [0, 0.1) is 13.8 Å². The molecule has 1 saturated heterocycles. The number of aryl methyl sites for hydroxylation is 2. The molecule has 2 heterocycles. The van der Waals surface area contributed by atoms with Crippen LogP contribution in [0.15, 0.2) is 48.5 Å². The number of amides is 1. The summed E-state index contributed by atoms with van der Waals surface area (Å²) in [6.07, 6.45) is 1.78. The Kier molecular flexibility index (Phi) is 4.52. The molecule has 1 atom stereocenters. The molecule has 140 valence electrons. The quantitative estimate of drug-likeness (QED) is 0.741. The minimum atomic E-state index is -0.381. The number of aliphatic hydroxyl groups excluding tert-OH is 1. The lowest BCUT2D eigenvalue weighted by atomic mass is 9.74. The van der Waals surface area contributed by atoms with Crippen molar-refractivity contribution in [3.8, 4) is 0 Å². The monoisotopic (exact) mass is 362 g/mol. The number of fused-ring (bicyclic) bond motifs is 1. The number of aromatic nitrogens is 1. The molecule has 1 fully saturated rings. The summed E-state index contributed by atoms with van der Waals surface area (Å²) in [5.41, 5.74) is 4.71. The highest BCUT2D eigenvalue weighted by Crippen LogP contribution is 2.34. The number of carbonyl (C=O) groups excluding carboxylic acids is 1. The van der Waals surface area contributed by atoms with E-state index in [9.17, 15) is 9.90 Å². The first-order valence-electron chi connectivity index (χ1n) is 9.58. The van der Waals surface area contributed by atoms with E-state index < -0.39 is 0 Å². The summed E-state index contributed by atoms with van der Waals surface area (Å²) >= 11 is 0. The molecule has 0 spiro atoms. The molecular formula is C23H26N2O2. The lowest BCUT2D eigenvalue weighted by Crippen LogP contribution is -2.50. The highest BCUT2D eigenvalue weighted by atomic mass is 16.3. The van der Waals surface area contributed by atoms with E-state index in [0.717, 1.165) is 35.9 Å². The predicted molar refractivity (Wildman–Crippen MR) is 108 cm³/mol. The van der Waals surface area contributed by atoms with Gasteiger partial charge in [-0.3, -0.25) is 4.79 Å². The summed E-state index contributed by atoms with van der Waals surface area (Å²) in [6, 6.07) is 16.3. The average Bonchev–Trinajstić information content (AvgIpc) is 3.12. The highest BCUT2D eigenvalue weighted by Gasteiger charge is 2.38. The highest BCUT2D eigenvalue weighted by molar-refractivity contribution is 5.99. The molecule has 3 aromatic rings. The Balaban J connectivity index is 1.65. The van der Waals surface area contributed by atoms with Crippen LogP contribution in [0.4, 0.5) is 0 Å². The second-order valence-electron chi connectivity index (χ2n) is 7.86. The third-order valence-corrected chi connectivity index (χ3v) is 5.87. The molecule has 1 aromatic heterocycles. The summed E-state index contributed by atoms with van der Waals surface area (Å²) in [7, 11) is 0. The zero-order valence-electron chi connectivity index (χ0n) is 16.0. The van der Waals surface area contributed by atoms with Gasteiger partial charge in [-0.15, -0.1) is 0 Å². The number of nitrogens with zero attached hydrogens (tertiary/aromatic N) is 1. The van der Waals surface area contributed by atoms with Gasteiger partial charge in [-0.2, -0.15) is 0 Å². The molecule has 1 aliphatic rings. The summed E-state index contributed by atoms with van der Waals surface area (Å²) < 4.78 is 0. The van der Waals surface area contributed by atoms with Gasteiger partial charge in [0.1, 0.15) is 5.69 Å². The predicted octanol–water partition coefficient (Wildman–Crippen LogP) is 3.95. The van der Waals surface area contributed by atoms with Crippen LogP contribution in [0.2, 0.25) is 0 Å². The van der Waals surface area contributed by atoms with Crippen molar-refractivity contribution in [1.82, 2.24) is 9.88 Å². The zero-order chi connectivity index (χ0) is 19.0. The van der Waals surface area contributed by atoms with E-state index in [-0.39, 0.29) is 17.9 Å². The molecule has 0 saturated carbocycles. The van der Waals surface area contributed by atoms with Gasteiger partial charge in [0, 0.05) is 29.4 Å². The first kappa shape index (κ1) is 17.8. The largest absolute Gasteiger partial charge is 0.395 e. The second kappa shape index (κ2) is 6.86. The van der Waals surface area contributed by atoms with Gasteiger partial charge >= 0.3 is 0 Å². The third-order valence-electron chi connectivity index (χ3n) is 5.87. The number of hydrogen-bond acceptors (Lipinski definition) is 2. The molecule has 4 nitrogen and oxygen atoms in total. The van der Waals surface area contributed by atoms with Crippen LogP contribution in [-0.4, -0.2) is 40.6 Å². The first-order chi connectivity index (χ1) is 13.0. The topological polar surface area (TPSA) is 56.3 Å². The van der Waals surface area contributed by atoms with Crippen molar-refractivity contribution in [2.45, 2.75) is 32.1 Å². The maximum atomic E-state index is 13.2. The Morgan fingerprint density at radius 3 is 2.70 bits per heavy atom. The number of hydrogen-bond donors (Lipinski definition) is 2. The molecule has 4 heteroatoms. The second-order valence-corrected chi connectivity index (χ2v) is 7.86. The SMILES string of the molecule is Cc1cc(C)c2cc(C(=O)N3CCCC(CO)(c4ccccc4)C3)[nH]c2c1. The maximum Gasteiger partial charge on any atom is 0.270 e. The van der Waals surface area contributed by atoms with Crippen molar-refractivity contribution in [2.24, 2.45) is 0 Å². The molecule has 0 aliphatic carbocycles. The smallest absolute Gasteiger partial charge is 0.270 e. The fourth-order valence-corrected chi connectivity index (χ4v) is 4.44. The van der Waals surface area contributed by atoms with Crippen molar-refractivity contribution < 1.29 is 9.90 Å². The fraction of sp³-hybridized carbons (Fsp3) is 0.348. The van der Waals surface area contributed by atoms with Gasteiger partial charge in [0.25, 0.3) is 5.91 Å². The Labute approximate surface area is 159 Å². The first-order valence-corrected chi connectivity index (χ1v) is 9.58. The van der Waals surface area contributed by atoms with Crippen molar-refractivity contribution in [2.75, 3.05) is 19.7 Å². The molecule has 1 aliphatic heterocycles. The molecule has 0 radical (unpaired) electrons. The number of benzene rings is 2. The molecule has 4 rings (SSSR count). The molecule has 0 bridgehead atoms. The van der Waals surface area contributed by atoms with Gasteiger partial charge in [0.2, 0.25) is 0 Å². The lowest BCUT2D eigenvalue weighted by molar-refractivity contribution is 0.0538. The number of rotatable bonds is 3. The number of piperidine rings is 1. The number of likely N-dealkylation sites (tertiary alicyclic amines) is 1. The third kappa shape index (κ3) is 3.15. The van der Waals surface area contributed by atoms with Crippen LogP contribution >= 0.6 is 0 Å². The standard InChI is InChI=1S/C23H26N2O2/c1-16-11-17(2)19-13-21(24-20(19)12-16)22(27)25-10-6-9-23(14-25,15-26)18-7-4-3-5-8-18/h3-5,7-8,11-13,24,26H,6,9-10,14-15H2,1-2H3. The van der Waals surface area contributed by atoms with Gasteiger partial charge in [-0.25, -0.2) is 0 Å². The van der Waals surface area contributed by atoms with Crippen molar-refractivity contribution >= 4 is 16.8 Å². The molecule has 2 aromatic carbocycles. The van der Waals surface area contributed by atoms with Crippen LogP contribution in [0.1, 0.15) is 40.0 Å². The lowest BCUT2D eigenvalue weighted by Gasteiger charge is -2.42. The molecule has 2 N–H and O–H groups in total. The van der Waals surface area contributed by atoms with E-state index in [4.69, 9.17) is 0 Å². The minimum absolute atomic E-state index is 0.0108. The van der Waals surface area contributed by atoms with Gasteiger partial charge < -0.3 is 15.0 Å². The summed E-state index contributed by atoms with van der Waals surface area (Å²) in [4.78, 5) is 18.4. The van der Waals surface area contributed by atoms with Crippen LogP contribution < -0.4 is 0 Å². The van der Waals surface area contributed by atoms with Gasteiger partial charge in [-0.1, -0.05) is 36.4 Å². The van der Waals surface area contributed by atoms with Crippen LogP contribution in [0.25, 0.3) is 10.9 Å². The number of carbonyl (C=O) groups is 1. The number of nitrogens with one attached hydrogen (secondary N) is 1. The van der Waals surface area contributed by atoms with Gasteiger partial charge in [0.15, 0.2) is 0 Å². The maximum absolute atomic E-state index is 13.2. The van der Waals surface area contributed by atoms with Gasteiger partial charge in [-0.05, 0) is 55.5 Å². The summed E-state index contributed by atoms with van der Waals surface area (Å²) in [5, 5.41) is 11.3. The van der Waals surface area contributed by atoms with Crippen LogP contribution in [-0.2, 0) is 5.41 Å². The van der Waals surface area contributed by atoms with Crippen molar-refractivity contribution in [1.29, 1.82) is 0 Å². The Morgan fingerprint density at radius 1 is 1.19 bits per heavy atom. The minimum Gasteiger partial charge on any atom is -0.395 e. The van der Waals surface area contributed by atoms with Crippen molar-refractivity contribution in [3.05, 3.63) is 70.9 Å². The zero-order valence-corrected chi connectivity index (χ0v) is 16.0. The van der Waals surface area contributed by atoms with Crippen LogP contribution in [0.5, 0.6) is 0 Å². The van der Waals surface area contributed by atoms with Crippen LogP contribution in [0.3, 0.4) is 0 Å². The number of aliphatic hydroxyl groups is 1. The van der Waals surface area contributed by atoms with E-state index >= 15 is 0 Å². The van der Waals surface area contributed by atoms with E-state index in [0.29, 0.717) is 12.2 Å². The summed E-state index contributed by atoms with van der Waals surface area (Å²) in [5.74, 6) is 0.0108. The van der Waals surface area contributed by atoms with Crippen molar-refractivity contribution in [3.63, 3.8) is 0 Å². The number of aromatic amines is 1. The molecular weight excluding hydrogens is 336 g/mol. The normalized spacial score (nSPS) is 20.2. The Bertz CT molecular complexity index is 977. The molecule has 27 heavy (non-hydrogen) atoms. The van der Waals surface area contributed by atoms with E-state index in [1.165, 1.54) is 11.1 Å². The summed E-state index contributed by atoms with van der Waals surface area (Å²) in [6.45, 7) is 5.45. The molecule has 1 unspecified atom stereocenters. The average molecular weight is 362 g/mol. The Morgan fingerprint density at radius 2 is 1.96 bits per heavy atom. The van der Waals surface area contributed by atoms with E-state index in [2.05, 4.69) is 43.1 Å². The fourth-order valence-electron chi connectivity index (χ4n) is 4.44.